The lowest BCUT2D eigenvalue weighted by atomic mass is 9.87. The summed E-state index contributed by atoms with van der Waals surface area (Å²) in [6.07, 6.45) is 3.82. The monoisotopic (exact) mass is 319 g/mol. The van der Waals surface area contributed by atoms with Crippen molar-refractivity contribution < 1.29 is 9.47 Å². The topological polar surface area (TPSA) is 31.4 Å². The molecule has 1 heterocycles. The molecule has 0 bridgehead atoms. The number of rotatable bonds is 8. The molecular weight excluding hydrogens is 286 g/mol. The summed E-state index contributed by atoms with van der Waals surface area (Å²) in [7, 11) is 1.74. The van der Waals surface area contributed by atoms with Gasteiger partial charge in [0.25, 0.3) is 0 Å². The molecule has 1 rings (SSSR count). The Morgan fingerprint density at radius 1 is 1.22 bits per heavy atom. The normalized spacial score (nSPS) is 14.4. The van der Waals surface area contributed by atoms with Gasteiger partial charge < -0.3 is 9.47 Å². The Morgan fingerprint density at radius 2 is 1.91 bits per heavy atom. The zero-order valence-corrected chi connectivity index (χ0v) is 15.9. The molecule has 0 amide bonds. The molecule has 3 heteroatoms. The Kier molecular flexibility index (Phi) is 7.77. The molecule has 0 aliphatic rings. The van der Waals surface area contributed by atoms with Crippen LogP contribution >= 0.6 is 0 Å². The van der Waals surface area contributed by atoms with Crippen LogP contribution in [0.25, 0.3) is 5.57 Å². The van der Waals surface area contributed by atoms with E-state index in [1.54, 1.807) is 7.11 Å². The van der Waals surface area contributed by atoms with E-state index in [9.17, 15) is 0 Å². The molecule has 0 saturated carbocycles. The molecule has 0 unspecified atom stereocenters. The van der Waals surface area contributed by atoms with Gasteiger partial charge in [0.1, 0.15) is 5.76 Å². The highest BCUT2D eigenvalue weighted by molar-refractivity contribution is 5.63. The lowest BCUT2D eigenvalue weighted by molar-refractivity contribution is 0.0872. The maximum Gasteiger partial charge on any atom is 0.101 e. The van der Waals surface area contributed by atoms with Gasteiger partial charge >= 0.3 is 0 Å². The Labute approximate surface area is 142 Å². The standard InChI is InChI=1S/C20H33NO2/c1-8-16(13-22-7)14-23-19(9-2)15(3)18-12-17(10-11-21-18)20(4,5)6/h10-12,16H,8-9,13-14H2,1-7H3/b19-15-/t16-/m1/s1. The van der Waals surface area contributed by atoms with Gasteiger partial charge in [0.2, 0.25) is 0 Å². The van der Waals surface area contributed by atoms with E-state index in [0.29, 0.717) is 12.5 Å². The minimum Gasteiger partial charge on any atom is -0.497 e. The van der Waals surface area contributed by atoms with Crippen molar-refractivity contribution in [1.82, 2.24) is 4.98 Å². The molecule has 0 saturated heterocycles. The van der Waals surface area contributed by atoms with E-state index >= 15 is 0 Å². The summed E-state index contributed by atoms with van der Waals surface area (Å²) in [4.78, 5) is 4.54. The van der Waals surface area contributed by atoms with Crippen LogP contribution in [0.4, 0.5) is 0 Å². The van der Waals surface area contributed by atoms with Gasteiger partial charge in [-0.1, -0.05) is 34.6 Å². The summed E-state index contributed by atoms with van der Waals surface area (Å²) in [5, 5.41) is 0. The second-order valence-electron chi connectivity index (χ2n) is 7.12. The van der Waals surface area contributed by atoms with E-state index < -0.39 is 0 Å². The molecule has 0 fully saturated rings. The first kappa shape index (κ1) is 19.7. The first-order chi connectivity index (χ1) is 10.8. The van der Waals surface area contributed by atoms with Crippen molar-refractivity contribution in [2.75, 3.05) is 20.3 Å². The van der Waals surface area contributed by atoms with Crippen LogP contribution in [-0.4, -0.2) is 25.3 Å². The number of allylic oxidation sites excluding steroid dienone is 2. The molecule has 130 valence electrons. The fraction of sp³-hybridized carbons (Fsp3) is 0.650. The number of hydrogen-bond donors (Lipinski definition) is 0. The molecule has 0 N–H and O–H groups in total. The van der Waals surface area contributed by atoms with Gasteiger partial charge in [-0.3, -0.25) is 4.98 Å². The summed E-state index contributed by atoms with van der Waals surface area (Å²) < 4.78 is 11.3. The lowest BCUT2D eigenvalue weighted by Gasteiger charge is -2.21. The van der Waals surface area contributed by atoms with E-state index in [1.807, 2.05) is 6.20 Å². The number of pyridine rings is 1. The Bertz CT molecular complexity index is 515. The van der Waals surface area contributed by atoms with E-state index in [4.69, 9.17) is 9.47 Å². The molecule has 0 spiro atoms. The maximum atomic E-state index is 6.10. The third kappa shape index (κ3) is 5.98. The van der Waals surface area contributed by atoms with Crippen molar-refractivity contribution in [2.45, 2.75) is 59.8 Å². The average molecular weight is 319 g/mol. The van der Waals surface area contributed by atoms with Crippen LogP contribution in [0, 0.1) is 5.92 Å². The van der Waals surface area contributed by atoms with Gasteiger partial charge in [0.15, 0.2) is 0 Å². The lowest BCUT2D eigenvalue weighted by Crippen LogP contribution is -2.15. The predicted molar refractivity (Wildman–Crippen MR) is 97.4 cm³/mol. The highest BCUT2D eigenvalue weighted by Crippen LogP contribution is 2.26. The maximum absolute atomic E-state index is 6.10. The largest absolute Gasteiger partial charge is 0.497 e. The summed E-state index contributed by atoms with van der Waals surface area (Å²) in [6, 6.07) is 4.27. The third-order valence-corrected chi connectivity index (χ3v) is 4.22. The summed E-state index contributed by atoms with van der Waals surface area (Å²) in [6.45, 7) is 14.5. The van der Waals surface area contributed by atoms with Crippen LogP contribution in [0.5, 0.6) is 0 Å². The molecule has 0 aliphatic heterocycles. The van der Waals surface area contributed by atoms with Crippen molar-refractivity contribution in [1.29, 1.82) is 0 Å². The van der Waals surface area contributed by atoms with Crippen LogP contribution < -0.4 is 0 Å². The second kappa shape index (κ2) is 9.07. The molecule has 0 radical (unpaired) electrons. The Hall–Kier alpha value is -1.35. The fourth-order valence-corrected chi connectivity index (χ4v) is 2.46. The molecule has 1 aromatic heterocycles. The summed E-state index contributed by atoms with van der Waals surface area (Å²) in [5.74, 6) is 1.46. The van der Waals surface area contributed by atoms with Gasteiger partial charge in [-0.25, -0.2) is 0 Å². The van der Waals surface area contributed by atoms with Gasteiger partial charge in [-0.15, -0.1) is 0 Å². The minimum atomic E-state index is 0.122. The zero-order valence-electron chi connectivity index (χ0n) is 15.9. The van der Waals surface area contributed by atoms with Gasteiger partial charge in [-0.05, 0) is 36.5 Å². The minimum absolute atomic E-state index is 0.122. The molecule has 1 aromatic rings. The predicted octanol–water partition coefficient (Wildman–Crippen LogP) is 5.21. The van der Waals surface area contributed by atoms with Crippen LogP contribution in [0.3, 0.4) is 0 Å². The van der Waals surface area contributed by atoms with E-state index in [1.165, 1.54) is 5.56 Å². The Balaban J connectivity index is 2.96. The van der Waals surface area contributed by atoms with Crippen molar-refractivity contribution >= 4 is 5.57 Å². The molecule has 23 heavy (non-hydrogen) atoms. The van der Waals surface area contributed by atoms with Crippen molar-refractivity contribution in [2.24, 2.45) is 5.92 Å². The molecule has 0 aromatic carbocycles. The van der Waals surface area contributed by atoms with E-state index in [2.05, 4.69) is 58.7 Å². The van der Waals surface area contributed by atoms with Gasteiger partial charge in [0.05, 0.1) is 18.9 Å². The van der Waals surface area contributed by atoms with Crippen LogP contribution in [-0.2, 0) is 14.9 Å². The summed E-state index contributed by atoms with van der Waals surface area (Å²) in [5.41, 5.74) is 3.56. The number of hydrogen-bond acceptors (Lipinski definition) is 3. The van der Waals surface area contributed by atoms with E-state index in [-0.39, 0.29) is 5.41 Å². The van der Waals surface area contributed by atoms with Crippen molar-refractivity contribution in [3.05, 3.63) is 35.3 Å². The van der Waals surface area contributed by atoms with E-state index in [0.717, 1.165) is 36.5 Å². The second-order valence-corrected chi connectivity index (χ2v) is 7.12. The smallest absolute Gasteiger partial charge is 0.101 e. The average Bonchev–Trinajstić information content (AvgIpc) is 2.53. The SMILES string of the molecule is CC/C(OC[C@H](CC)COC)=C(\C)c1cc(C(C)(C)C)ccn1. The fourth-order valence-electron chi connectivity index (χ4n) is 2.46. The number of nitrogens with zero attached hydrogens (tertiary/aromatic N) is 1. The third-order valence-electron chi connectivity index (χ3n) is 4.22. The highest BCUT2D eigenvalue weighted by atomic mass is 16.5. The van der Waals surface area contributed by atoms with Crippen LogP contribution in [0.2, 0.25) is 0 Å². The van der Waals surface area contributed by atoms with Crippen LogP contribution in [0.1, 0.15) is 65.6 Å². The first-order valence-corrected chi connectivity index (χ1v) is 8.61. The molecular formula is C20H33NO2. The summed E-state index contributed by atoms with van der Waals surface area (Å²) >= 11 is 0. The van der Waals surface area contributed by atoms with Crippen LogP contribution in [0.15, 0.2) is 24.1 Å². The number of methoxy groups -OCH3 is 1. The van der Waals surface area contributed by atoms with Crippen molar-refractivity contribution in [3.8, 4) is 0 Å². The van der Waals surface area contributed by atoms with Gasteiger partial charge in [0, 0.05) is 31.2 Å². The molecule has 1 atom stereocenters. The number of aromatic nitrogens is 1. The highest BCUT2D eigenvalue weighted by Gasteiger charge is 2.16. The van der Waals surface area contributed by atoms with Crippen molar-refractivity contribution in [3.63, 3.8) is 0 Å². The first-order valence-electron chi connectivity index (χ1n) is 8.61. The molecule has 3 nitrogen and oxygen atoms in total. The quantitative estimate of drug-likeness (QED) is 0.616. The number of ether oxygens (including phenoxy) is 2. The molecule has 0 aliphatic carbocycles. The zero-order chi connectivity index (χ0) is 17.5. The van der Waals surface area contributed by atoms with Gasteiger partial charge in [-0.2, -0.15) is 0 Å². The Morgan fingerprint density at radius 3 is 2.43 bits per heavy atom.